The quantitative estimate of drug-likeness (QED) is 0.0355. The third-order valence-corrected chi connectivity index (χ3v) is 14.5. The van der Waals surface area contributed by atoms with Crippen LogP contribution in [0.25, 0.3) is 0 Å². The van der Waals surface area contributed by atoms with E-state index in [2.05, 4.69) is 41.5 Å². The van der Waals surface area contributed by atoms with E-state index >= 15 is 0 Å². The first-order valence-electron chi connectivity index (χ1n) is 21.7. The van der Waals surface area contributed by atoms with Gasteiger partial charge in [0.2, 0.25) is 0 Å². The monoisotopic (exact) mass is 799 g/mol. The van der Waals surface area contributed by atoms with E-state index in [9.17, 15) is 9.59 Å². The van der Waals surface area contributed by atoms with Gasteiger partial charge in [-0.2, -0.15) is 0 Å². The van der Waals surface area contributed by atoms with Gasteiger partial charge in [-0.25, -0.2) is 0 Å². The third kappa shape index (κ3) is 37.3. The molecule has 0 N–H and O–H groups in total. The number of hydrogen-bond donors (Lipinski definition) is 0. The first kappa shape index (κ1) is 48.7. The molecule has 0 heterocycles. The summed E-state index contributed by atoms with van der Waals surface area (Å²) in [6.07, 6.45) is 41.0. The fourth-order valence-electron chi connectivity index (χ4n) is 6.94. The fraction of sp³-hybridized carbons (Fsp3) is 0.955. The zero-order chi connectivity index (χ0) is 36.3. The molecule has 0 rings (SSSR count). The summed E-state index contributed by atoms with van der Waals surface area (Å²) in [4.78, 5) is 24.8. The Morgan fingerprint density at radius 2 is 0.571 bits per heavy atom. The van der Waals surface area contributed by atoms with Crippen molar-refractivity contribution in [2.75, 3.05) is 13.2 Å². The van der Waals surface area contributed by atoms with Crippen LogP contribution in [0.15, 0.2) is 0 Å². The molecule has 0 saturated heterocycles. The molecule has 0 spiro atoms. The Bertz CT molecular complexity index is 674. The summed E-state index contributed by atoms with van der Waals surface area (Å²) in [7, 11) is 0. The zero-order valence-electron chi connectivity index (χ0n) is 34.2. The summed E-state index contributed by atoms with van der Waals surface area (Å²) in [5.41, 5.74) is 0. The Hall–Kier alpha value is -0.261. The van der Waals surface area contributed by atoms with E-state index in [1.165, 1.54) is 167 Å². The van der Waals surface area contributed by atoms with Crippen LogP contribution < -0.4 is 0 Å². The van der Waals surface area contributed by atoms with Crippen molar-refractivity contribution >= 4 is 33.1 Å². The molecule has 2 radical (unpaired) electrons. The second kappa shape index (κ2) is 34.8. The minimum absolute atomic E-state index is 0.0121. The smallest absolute Gasteiger partial charge is 0.0654 e. The van der Waals surface area contributed by atoms with Crippen LogP contribution in [0.2, 0.25) is 6.86 Å². The van der Waals surface area contributed by atoms with E-state index in [1.807, 2.05) is 0 Å². The second-order valence-corrected chi connectivity index (χ2v) is 25.1. The molecule has 0 aromatic rings. The predicted molar refractivity (Wildman–Crippen MR) is 215 cm³/mol. The minimum Gasteiger partial charge on any atom is -0.0654 e. The topological polar surface area (TPSA) is 52.6 Å². The van der Waals surface area contributed by atoms with E-state index in [-0.39, 0.29) is 18.8 Å². The molecule has 290 valence electrons. The fourth-order valence-corrected chi connectivity index (χ4v) is 13.0. The molecule has 0 amide bonds. The van der Waals surface area contributed by atoms with Gasteiger partial charge in [-0.3, -0.25) is 0 Å². The summed E-state index contributed by atoms with van der Waals surface area (Å²) in [6.45, 7) is 14.4. The first-order valence-corrected chi connectivity index (χ1v) is 24.6. The number of rotatable bonds is 38. The molecule has 0 unspecified atom stereocenters. The van der Waals surface area contributed by atoms with Gasteiger partial charge in [0, 0.05) is 0 Å². The van der Waals surface area contributed by atoms with Gasteiger partial charge in [0.25, 0.3) is 0 Å². The van der Waals surface area contributed by atoms with Gasteiger partial charge in [0.1, 0.15) is 0 Å². The molecular formula is C44H86O4Sn. The normalized spacial score (nSPS) is 12.0. The van der Waals surface area contributed by atoms with Crippen LogP contribution in [0.3, 0.4) is 0 Å². The van der Waals surface area contributed by atoms with Gasteiger partial charge in [0.05, 0.1) is 0 Å². The van der Waals surface area contributed by atoms with Gasteiger partial charge < -0.3 is 0 Å². The molecule has 4 nitrogen and oxygen atoms in total. The molecule has 0 aliphatic rings. The Kier molecular flexibility index (Phi) is 34.6. The van der Waals surface area contributed by atoms with Crippen LogP contribution in [-0.4, -0.2) is 46.3 Å². The number of hydrogen-bond acceptors (Lipinski definition) is 4. The van der Waals surface area contributed by atoms with Crippen molar-refractivity contribution in [1.29, 1.82) is 0 Å². The number of unbranched alkanes of at least 4 members (excludes halogenated alkanes) is 28. The van der Waals surface area contributed by atoms with Gasteiger partial charge >= 0.3 is 203 Å². The Morgan fingerprint density at radius 1 is 0.367 bits per heavy atom. The van der Waals surface area contributed by atoms with Crippen molar-refractivity contribution in [2.45, 2.75) is 254 Å². The first-order chi connectivity index (χ1) is 23.6. The van der Waals surface area contributed by atoms with Crippen molar-refractivity contribution < 1.29 is 19.1 Å². The van der Waals surface area contributed by atoms with Gasteiger partial charge in [-0.05, 0) is 0 Å². The van der Waals surface area contributed by atoms with E-state index in [1.54, 1.807) is 0 Å². The maximum absolute atomic E-state index is 12.4. The second-order valence-electron chi connectivity index (χ2n) is 16.6. The zero-order valence-corrected chi connectivity index (χ0v) is 37.0. The molecule has 0 aromatic carbocycles. The minimum atomic E-state index is -1.00. The van der Waals surface area contributed by atoms with Gasteiger partial charge in [-0.15, -0.1) is 0 Å². The summed E-state index contributed by atoms with van der Waals surface area (Å²) in [6, 6.07) is 0. The molecule has 0 aliphatic heterocycles. The number of carbonyl (C=O) groups is 2. The van der Waals surface area contributed by atoms with Gasteiger partial charge in [0.15, 0.2) is 0 Å². The molecule has 0 bridgehead atoms. The molecule has 0 aromatic heterocycles. The van der Waals surface area contributed by atoms with E-state index in [4.69, 9.17) is 9.47 Å². The predicted octanol–water partition coefficient (Wildman–Crippen LogP) is 14.7. The Morgan fingerprint density at radius 3 is 0.796 bits per heavy atom. The van der Waals surface area contributed by atoms with Crippen LogP contribution >= 0.6 is 0 Å². The standard InChI is InChI=1S/2C22H43O2.Sn/c2*1-4-5-6-7-8-9-10-11-12-13-14-15-16-17-18-19-22(23)24-20-21(2)3;/h2*4-20H2,1-3H3;. The molecule has 0 fully saturated rings. The summed E-state index contributed by atoms with van der Waals surface area (Å²) >= 11 is -1.00. The number of carbonyl (C=O) groups excluding carboxylic acids is 2. The molecule has 49 heavy (non-hydrogen) atoms. The molecule has 0 aliphatic carbocycles. The molecule has 0 saturated carbocycles. The van der Waals surface area contributed by atoms with Crippen molar-refractivity contribution in [3.05, 3.63) is 0 Å². The van der Waals surface area contributed by atoms with Crippen LogP contribution in [0.4, 0.5) is 0 Å². The molecule has 0 atom stereocenters. The average Bonchev–Trinajstić information content (AvgIpc) is 3.06. The van der Waals surface area contributed by atoms with Crippen molar-refractivity contribution in [3.8, 4) is 0 Å². The average molecular weight is 798 g/mol. The van der Waals surface area contributed by atoms with Crippen molar-refractivity contribution in [3.63, 3.8) is 0 Å². The third-order valence-electron chi connectivity index (χ3n) is 9.83. The molecular weight excluding hydrogens is 711 g/mol. The summed E-state index contributed by atoms with van der Waals surface area (Å²) in [5.74, 6) is -0.0928. The summed E-state index contributed by atoms with van der Waals surface area (Å²) in [5, 5.41) is 0. The Balaban J connectivity index is 3.71. The van der Waals surface area contributed by atoms with E-state index in [0.29, 0.717) is 26.1 Å². The number of esters is 2. The number of ether oxygens (including phenoxy) is 2. The van der Waals surface area contributed by atoms with Gasteiger partial charge in [-0.1, -0.05) is 117 Å². The van der Waals surface area contributed by atoms with E-state index in [0.717, 1.165) is 25.7 Å². The van der Waals surface area contributed by atoms with Crippen molar-refractivity contribution in [1.82, 2.24) is 0 Å². The van der Waals surface area contributed by atoms with E-state index < -0.39 is 21.1 Å². The molecule has 5 heteroatoms. The van der Waals surface area contributed by atoms with Crippen LogP contribution in [0, 0.1) is 0 Å². The maximum atomic E-state index is 12.4. The SMILES string of the molecule is CCCCCCCCCCCCCCCCCC(=O)OC[C](C)(C)[Sn][C](C)(C)COC(=O)CCCCCCCCCCCCCCCCC. The van der Waals surface area contributed by atoms with Crippen LogP contribution in [-0.2, 0) is 19.1 Å². The van der Waals surface area contributed by atoms with Crippen LogP contribution in [0.1, 0.15) is 247 Å². The Labute approximate surface area is 317 Å². The summed E-state index contributed by atoms with van der Waals surface area (Å²) < 4.78 is 11.5. The van der Waals surface area contributed by atoms with Crippen molar-refractivity contribution in [2.24, 2.45) is 0 Å². The van der Waals surface area contributed by atoms with Crippen LogP contribution in [0.5, 0.6) is 0 Å².